The first-order valence-electron chi connectivity index (χ1n) is 10.5. The Hall–Kier alpha value is -3.75. The fourth-order valence-electron chi connectivity index (χ4n) is 3.29. The Labute approximate surface area is 211 Å². The van der Waals surface area contributed by atoms with E-state index >= 15 is 0 Å². The van der Waals surface area contributed by atoms with Crippen LogP contribution in [0.15, 0.2) is 76.6 Å². The smallest absolute Gasteiger partial charge is 0.335 e. The highest BCUT2D eigenvalue weighted by Crippen LogP contribution is 2.35. The van der Waals surface area contributed by atoms with Crippen LogP contribution in [0.5, 0.6) is 11.5 Å². The van der Waals surface area contributed by atoms with Gasteiger partial charge in [0.05, 0.1) is 23.3 Å². The Bertz CT molecular complexity index is 1360. The number of carboxylic acid groups (broad SMARTS) is 1. The summed E-state index contributed by atoms with van der Waals surface area (Å²) in [5, 5.41) is 10.3. The molecule has 3 aromatic carbocycles. The van der Waals surface area contributed by atoms with Crippen molar-refractivity contribution < 1.29 is 24.2 Å². The molecule has 1 amide bonds. The van der Waals surface area contributed by atoms with E-state index in [1.807, 2.05) is 24.3 Å². The fourth-order valence-corrected chi connectivity index (χ4v) is 4.46. The molecule has 178 valence electrons. The van der Waals surface area contributed by atoms with Crippen molar-refractivity contribution >= 4 is 52.2 Å². The average Bonchev–Trinajstić information content (AvgIpc) is 3.11. The van der Waals surface area contributed by atoms with Crippen molar-refractivity contribution in [2.24, 2.45) is 4.99 Å². The van der Waals surface area contributed by atoms with Gasteiger partial charge in [-0.3, -0.25) is 9.69 Å². The third-order valence-electron chi connectivity index (χ3n) is 5.15. The molecule has 0 aliphatic carbocycles. The molecule has 0 saturated carbocycles. The number of nitrogens with zero attached hydrogens (tertiary/aromatic N) is 2. The van der Waals surface area contributed by atoms with Crippen molar-refractivity contribution in [3.63, 3.8) is 0 Å². The topological polar surface area (TPSA) is 88.4 Å². The number of rotatable bonds is 7. The van der Waals surface area contributed by atoms with E-state index in [-0.39, 0.29) is 11.5 Å². The van der Waals surface area contributed by atoms with Crippen LogP contribution in [0.25, 0.3) is 6.08 Å². The van der Waals surface area contributed by atoms with Crippen LogP contribution in [-0.4, -0.2) is 41.2 Å². The Balaban J connectivity index is 1.54. The highest BCUT2D eigenvalue weighted by molar-refractivity contribution is 8.18. The lowest BCUT2D eigenvalue weighted by Crippen LogP contribution is -2.23. The summed E-state index contributed by atoms with van der Waals surface area (Å²) in [5.74, 6) is -0.169. The average molecular weight is 509 g/mol. The molecule has 1 aliphatic rings. The van der Waals surface area contributed by atoms with E-state index in [2.05, 4.69) is 4.99 Å². The van der Waals surface area contributed by atoms with E-state index in [0.29, 0.717) is 38.9 Å². The summed E-state index contributed by atoms with van der Waals surface area (Å²) in [6, 6.07) is 19.1. The van der Waals surface area contributed by atoms with Gasteiger partial charge in [-0.05, 0) is 59.8 Å². The Morgan fingerprint density at radius 1 is 1.11 bits per heavy atom. The molecule has 0 atom stereocenters. The second kappa shape index (κ2) is 10.7. The Morgan fingerprint density at radius 2 is 1.91 bits per heavy atom. The molecule has 1 fully saturated rings. The number of carboxylic acids is 1. The van der Waals surface area contributed by atoms with Gasteiger partial charge >= 0.3 is 5.97 Å². The van der Waals surface area contributed by atoms with Gasteiger partial charge in [-0.2, -0.15) is 0 Å². The van der Waals surface area contributed by atoms with Gasteiger partial charge in [-0.25, -0.2) is 9.79 Å². The predicted octanol–water partition coefficient (Wildman–Crippen LogP) is 5.86. The number of halogens is 1. The minimum absolute atomic E-state index is 0.128. The quantitative estimate of drug-likeness (QED) is 0.402. The lowest BCUT2D eigenvalue weighted by Gasteiger charge is -2.12. The molecule has 0 bridgehead atoms. The molecule has 0 aromatic heterocycles. The van der Waals surface area contributed by atoms with E-state index < -0.39 is 5.97 Å². The number of hydrogen-bond donors (Lipinski definition) is 1. The number of aromatic carboxylic acids is 1. The van der Waals surface area contributed by atoms with Crippen LogP contribution in [0.1, 0.15) is 21.5 Å². The second-order valence-corrected chi connectivity index (χ2v) is 8.93. The van der Waals surface area contributed by atoms with E-state index in [1.54, 1.807) is 50.6 Å². The standard InChI is InChI=1S/C26H21ClN2O5S/c1-29-24(30)23(35-26(29)28-19-8-5-7-17(14-19)25(31)32)13-16-10-11-21(22(12-16)33-2)34-15-18-6-3-4-9-20(18)27/h3-14H,15H2,1-2H3,(H,31,32). The number of thioether (sulfide) groups is 1. The largest absolute Gasteiger partial charge is 0.493 e. The number of likely N-dealkylation sites (N-methyl/N-ethyl adjacent to an activating group) is 1. The third kappa shape index (κ3) is 5.67. The summed E-state index contributed by atoms with van der Waals surface area (Å²) in [7, 11) is 3.18. The number of amidine groups is 1. The van der Waals surface area contributed by atoms with Crippen molar-refractivity contribution in [1.82, 2.24) is 4.90 Å². The number of carbonyl (C=O) groups excluding carboxylic acids is 1. The first-order valence-corrected chi connectivity index (χ1v) is 11.7. The summed E-state index contributed by atoms with van der Waals surface area (Å²) >= 11 is 7.41. The molecule has 9 heteroatoms. The molecular weight excluding hydrogens is 488 g/mol. The van der Waals surface area contributed by atoms with E-state index in [4.69, 9.17) is 21.1 Å². The zero-order chi connectivity index (χ0) is 24.9. The van der Waals surface area contributed by atoms with Gasteiger partial charge in [-0.15, -0.1) is 0 Å². The van der Waals surface area contributed by atoms with Crippen LogP contribution < -0.4 is 9.47 Å². The van der Waals surface area contributed by atoms with Crippen molar-refractivity contribution in [3.05, 3.63) is 93.3 Å². The number of benzene rings is 3. The van der Waals surface area contributed by atoms with Crippen molar-refractivity contribution in [2.45, 2.75) is 6.61 Å². The minimum Gasteiger partial charge on any atom is -0.493 e. The first kappa shape index (κ1) is 24.4. The van der Waals surface area contributed by atoms with Crippen LogP contribution in [0.3, 0.4) is 0 Å². The highest BCUT2D eigenvalue weighted by Gasteiger charge is 2.30. The van der Waals surface area contributed by atoms with Gasteiger partial charge in [0.15, 0.2) is 16.7 Å². The monoisotopic (exact) mass is 508 g/mol. The maximum absolute atomic E-state index is 12.8. The summed E-state index contributed by atoms with van der Waals surface area (Å²) in [4.78, 5) is 30.4. The molecule has 0 spiro atoms. The van der Waals surface area contributed by atoms with E-state index in [1.165, 1.54) is 28.8 Å². The van der Waals surface area contributed by atoms with Gasteiger partial charge in [-0.1, -0.05) is 41.9 Å². The first-order chi connectivity index (χ1) is 16.9. The number of ether oxygens (including phenoxy) is 2. The second-order valence-electron chi connectivity index (χ2n) is 7.52. The zero-order valence-electron chi connectivity index (χ0n) is 18.9. The number of aliphatic imine (C=N–C) groups is 1. The summed E-state index contributed by atoms with van der Waals surface area (Å²) in [6.07, 6.45) is 1.75. The van der Waals surface area contributed by atoms with Crippen molar-refractivity contribution in [2.75, 3.05) is 14.2 Å². The number of amides is 1. The van der Waals surface area contributed by atoms with Crippen LogP contribution >= 0.6 is 23.4 Å². The normalized spacial score (nSPS) is 15.6. The van der Waals surface area contributed by atoms with Crippen molar-refractivity contribution in [3.8, 4) is 11.5 Å². The van der Waals surface area contributed by atoms with Crippen LogP contribution in [-0.2, 0) is 11.4 Å². The predicted molar refractivity (Wildman–Crippen MR) is 138 cm³/mol. The molecule has 35 heavy (non-hydrogen) atoms. The van der Waals surface area contributed by atoms with Crippen LogP contribution in [0, 0.1) is 0 Å². The van der Waals surface area contributed by atoms with E-state index in [9.17, 15) is 14.7 Å². The van der Waals surface area contributed by atoms with Crippen LogP contribution in [0.4, 0.5) is 5.69 Å². The molecular formula is C26H21ClN2O5S. The molecule has 7 nitrogen and oxygen atoms in total. The van der Waals surface area contributed by atoms with Crippen molar-refractivity contribution in [1.29, 1.82) is 0 Å². The molecule has 3 aromatic rings. The van der Waals surface area contributed by atoms with Gasteiger partial charge < -0.3 is 14.6 Å². The molecule has 0 radical (unpaired) electrons. The van der Waals surface area contributed by atoms with E-state index in [0.717, 1.165) is 11.1 Å². The van der Waals surface area contributed by atoms with Gasteiger partial charge in [0, 0.05) is 17.6 Å². The Kier molecular flexibility index (Phi) is 7.43. The van der Waals surface area contributed by atoms with Crippen LogP contribution in [0.2, 0.25) is 5.02 Å². The third-order valence-corrected chi connectivity index (χ3v) is 6.58. The highest BCUT2D eigenvalue weighted by atomic mass is 35.5. The van der Waals surface area contributed by atoms with Gasteiger partial charge in [0.25, 0.3) is 5.91 Å². The lowest BCUT2D eigenvalue weighted by atomic mass is 10.2. The molecule has 1 N–H and O–H groups in total. The Morgan fingerprint density at radius 3 is 2.66 bits per heavy atom. The number of hydrogen-bond acceptors (Lipinski definition) is 6. The number of carbonyl (C=O) groups is 2. The lowest BCUT2D eigenvalue weighted by molar-refractivity contribution is -0.121. The summed E-state index contributed by atoms with van der Waals surface area (Å²) in [6.45, 7) is 0.290. The summed E-state index contributed by atoms with van der Waals surface area (Å²) in [5.41, 5.74) is 2.20. The maximum Gasteiger partial charge on any atom is 0.335 e. The molecule has 0 unspecified atom stereocenters. The summed E-state index contributed by atoms with van der Waals surface area (Å²) < 4.78 is 11.4. The zero-order valence-corrected chi connectivity index (χ0v) is 20.5. The minimum atomic E-state index is -1.04. The molecule has 1 saturated heterocycles. The number of methoxy groups -OCH3 is 1. The molecule has 4 rings (SSSR count). The van der Waals surface area contributed by atoms with Gasteiger partial charge in [0.2, 0.25) is 0 Å². The maximum atomic E-state index is 12.8. The molecule has 1 heterocycles. The molecule has 1 aliphatic heterocycles. The fraction of sp³-hybridized carbons (Fsp3) is 0.115. The SMILES string of the molecule is COc1cc(C=C2SC(=Nc3cccc(C(=O)O)c3)N(C)C2=O)ccc1OCc1ccccc1Cl. The van der Waals surface area contributed by atoms with Gasteiger partial charge in [0.1, 0.15) is 6.61 Å².